The number of aliphatic carboxylic acids is 1. The number of benzene rings is 2. The molecule has 2 aromatic rings. The van der Waals surface area contributed by atoms with E-state index in [0.717, 1.165) is 30.0 Å². The Morgan fingerprint density at radius 2 is 1.83 bits per heavy atom. The highest BCUT2D eigenvalue weighted by atomic mass is 35.5. The predicted octanol–water partition coefficient (Wildman–Crippen LogP) is 5.65. The van der Waals surface area contributed by atoms with Crippen molar-refractivity contribution in [3.8, 4) is 0 Å². The maximum absolute atomic E-state index is 13.9. The highest BCUT2D eigenvalue weighted by Gasteiger charge is 2.28. The molecule has 0 saturated heterocycles. The normalized spacial score (nSPS) is 19.4. The van der Waals surface area contributed by atoms with Gasteiger partial charge in [0.05, 0.1) is 5.69 Å². The average molecular weight is 504 g/mol. The molecule has 0 radical (unpaired) electrons. The quantitative estimate of drug-likeness (QED) is 0.488. The summed E-state index contributed by atoms with van der Waals surface area (Å²) in [6.07, 6.45) is 3.12. The van der Waals surface area contributed by atoms with Crippen molar-refractivity contribution in [3.63, 3.8) is 0 Å². The molecule has 8 nitrogen and oxygen atoms in total. The second-order valence-corrected chi connectivity index (χ2v) is 9.42. The minimum absolute atomic E-state index is 0.0226. The summed E-state index contributed by atoms with van der Waals surface area (Å²) < 4.78 is 19.6. The molecule has 1 aliphatic heterocycles. The summed E-state index contributed by atoms with van der Waals surface area (Å²) in [6, 6.07) is 8.85. The molecule has 0 atom stereocenters. The van der Waals surface area contributed by atoms with Gasteiger partial charge in [-0.25, -0.2) is 14.0 Å². The molecule has 0 spiro atoms. The van der Waals surface area contributed by atoms with Gasteiger partial charge in [-0.15, -0.1) is 0 Å². The summed E-state index contributed by atoms with van der Waals surface area (Å²) in [6.45, 7) is 0.900. The van der Waals surface area contributed by atoms with Crippen LogP contribution in [0.2, 0.25) is 5.02 Å². The first kappa shape index (κ1) is 24.8. The topological polar surface area (TPSA) is 108 Å². The molecule has 186 valence electrons. The molecule has 35 heavy (non-hydrogen) atoms. The number of amides is 3. The predicted molar refractivity (Wildman–Crippen MR) is 129 cm³/mol. The Labute approximate surface area is 207 Å². The monoisotopic (exact) mass is 503 g/mol. The number of urea groups is 1. The van der Waals surface area contributed by atoms with E-state index in [1.165, 1.54) is 12.1 Å². The lowest BCUT2D eigenvalue weighted by atomic mass is 9.85. The van der Waals surface area contributed by atoms with Crippen molar-refractivity contribution >= 4 is 41.1 Å². The number of rotatable bonds is 5. The Kier molecular flexibility index (Phi) is 7.75. The lowest BCUT2D eigenvalue weighted by Gasteiger charge is -2.32. The number of hydrogen-bond acceptors (Lipinski definition) is 4. The summed E-state index contributed by atoms with van der Waals surface area (Å²) in [5.74, 6) is -1.26. The van der Waals surface area contributed by atoms with Gasteiger partial charge in [0.2, 0.25) is 0 Å². The molecule has 0 bridgehead atoms. The van der Waals surface area contributed by atoms with Gasteiger partial charge in [0.1, 0.15) is 11.9 Å². The van der Waals surface area contributed by atoms with E-state index in [1.807, 2.05) is 12.1 Å². The molecule has 2 aromatic carbocycles. The van der Waals surface area contributed by atoms with Crippen molar-refractivity contribution in [2.45, 2.75) is 51.2 Å². The highest BCUT2D eigenvalue weighted by Crippen LogP contribution is 2.30. The highest BCUT2D eigenvalue weighted by molar-refractivity contribution is 6.30. The molecular weight excluding hydrogens is 477 g/mol. The largest absolute Gasteiger partial charge is 0.481 e. The summed E-state index contributed by atoms with van der Waals surface area (Å²) >= 11 is 5.73. The third kappa shape index (κ3) is 6.63. The minimum Gasteiger partial charge on any atom is -0.481 e. The lowest BCUT2D eigenvalue weighted by Crippen LogP contribution is -2.39. The number of carboxylic acid groups (broad SMARTS) is 1. The molecule has 1 saturated carbocycles. The van der Waals surface area contributed by atoms with Crippen LogP contribution in [0.3, 0.4) is 0 Å². The zero-order chi connectivity index (χ0) is 24.9. The Morgan fingerprint density at radius 1 is 1.06 bits per heavy atom. The molecule has 1 heterocycles. The zero-order valence-electron chi connectivity index (χ0n) is 19.1. The second-order valence-electron chi connectivity index (χ2n) is 8.98. The van der Waals surface area contributed by atoms with E-state index in [2.05, 4.69) is 10.6 Å². The van der Waals surface area contributed by atoms with Crippen LogP contribution >= 0.6 is 11.6 Å². The molecule has 1 aliphatic carbocycles. The van der Waals surface area contributed by atoms with Crippen LogP contribution in [0.1, 0.15) is 43.2 Å². The maximum atomic E-state index is 13.9. The number of halogens is 2. The Hall–Kier alpha value is -3.33. The number of carbonyl (C=O) groups is 3. The van der Waals surface area contributed by atoms with Crippen molar-refractivity contribution in [1.29, 1.82) is 0 Å². The van der Waals surface area contributed by atoms with E-state index < -0.39 is 17.8 Å². The summed E-state index contributed by atoms with van der Waals surface area (Å²) in [5.41, 5.74) is 2.56. The molecule has 2 aliphatic rings. The average Bonchev–Trinajstić information content (AvgIpc) is 2.81. The first-order valence-corrected chi connectivity index (χ1v) is 12.0. The van der Waals surface area contributed by atoms with Gasteiger partial charge >= 0.3 is 18.1 Å². The van der Waals surface area contributed by atoms with Crippen molar-refractivity contribution in [2.24, 2.45) is 5.92 Å². The van der Waals surface area contributed by atoms with Crippen LogP contribution in [0.5, 0.6) is 0 Å². The first-order valence-electron chi connectivity index (χ1n) is 11.6. The Bertz CT molecular complexity index is 1120. The van der Waals surface area contributed by atoms with Crippen molar-refractivity contribution in [2.75, 3.05) is 17.2 Å². The smallest absolute Gasteiger partial charge is 0.410 e. The molecule has 3 N–H and O–H groups in total. The van der Waals surface area contributed by atoms with Gasteiger partial charge in [0.15, 0.2) is 0 Å². The number of fused-ring (bicyclic) bond motifs is 1. The van der Waals surface area contributed by atoms with Gasteiger partial charge in [-0.2, -0.15) is 0 Å². The first-order chi connectivity index (χ1) is 16.8. The summed E-state index contributed by atoms with van der Waals surface area (Å²) in [4.78, 5) is 37.5. The Morgan fingerprint density at radius 3 is 2.54 bits per heavy atom. The number of hydrogen-bond donors (Lipinski definition) is 3. The van der Waals surface area contributed by atoms with E-state index >= 15 is 0 Å². The Balaban J connectivity index is 1.28. The number of anilines is 2. The molecule has 0 unspecified atom stereocenters. The van der Waals surface area contributed by atoms with E-state index in [9.17, 15) is 18.8 Å². The van der Waals surface area contributed by atoms with Gasteiger partial charge in [0.25, 0.3) is 0 Å². The van der Waals surface area contributed by atoms with Crippen molar-refractivity contribution in [3.05, 3.63) is 58.4 Å². The van der Waals surface area contributed by atoms with Crippen LogP contribution in [-0.4, -0.2) is 40.7 Å². The number of nitrogens with zero attached hydrogens (tertiary/aromatic N) is 1. The van der Waals surface area contributed by atoms with Crippen LogP contribution in [0.25, 0.3) is 0 Å². The standard InChI is InChI=1S/C25H27ClFN3O5/c26-18-4-8-22(21(27)13-18)29-24(33)28-19-5-3-17-14-30(10-9-16(17)12-19)25(34)35-20-6-1-15(2-7-20)11-23(31)32/h3-5,8,12-13,15,20H,1-2,6-7,9-11,14H2,(H,31,32)(H2,28,29,33)/t15-,20-. The fourth-order valence-electron chi connectivity index (χ4n) is 4.58. The molecule has 4 rings (SSSR count). The second kappa shape index (κ2) is 10.9. The molecule has 10 heteroatoms. The van der Waals surface area contributed by atoms with Gasteiger partial charge in [-0.1, -0.05) is 17.7 Å². The fourth-order valence-corrected chi connectivity index (χ4v) is 4.74. The summed E-state index contributed by atoms with van der Waals surface area (Å²) in [7, 11) is 0. The zero-order valence-corrected chi connectivity index (χ0v) is 19.8. The molecule has 0 aromatic heterocycles. The van der Waals surface area contributed by atoms with Gasteiger partial charge in [-0.3, -0.25) is 4.79 Å². The van der Waals surface area contributed by atoms with E-state index in [-0.39, 0.29) is 35.2 Å². The van der Waals surface area contributed by atoms with E-state index in [4.69, 9.17) is 21.4 Å². The van der Waals surface area contributed by atoms with E-state index in [0.29, 0.717) is 38.0 Å². The van der Waals surface area contributed by atoms with Crippen molar-refractivity contribution in [1.82, 2.24) is 4.90 Å². The van der Waals surface area contributed by atoms with Gasteiger partial charge < -0.3 is 25.4 Å². The van der Waals surface area contributed by atoms with Gasteiger partial charge in [0, 0.05) is 30.2 Å². The SMILES string of the molecule is O=C(O)C[C@H]1CC[C@H](OC(=O)N2CCc3cc(NC(=O)Nc4ccc(Cl)cc4F)ccc3C2)CC1. The number of nitrogens with one attached hydrogen (secondary N) is 2. The molecular formula is C25H27ClFN3O5. The third-order valence-corrected chi connectivity index (χ3v) is 6.67. The molecule has 1 fully saturated rings. The van der Waals surface area contributed by atoms with Crippen molar-refractivity contribution < 1.29 is 28.6 Å². The number of ether oxygens (including phenoxy) is 1. The minimum atomic E-state index is -0.785. The molecule has 3 amide bonds. The van der Waals surface area contributed by atoms with Crippen LogP contribution in [-0.2, 0) is 22.5 Å². The van der Waals surface area contributed by atoms with Crippen LogP contribution < -0.4 is 10.6 Å². The summed E-state index contributed by atoms with van der Waals surface area (Å²) in [5, 5.41) is 14.3. The van der Waals surface area contributed by atoms with E-state index in [1.54, 1.807) is 11.0 Å². The van der Waals surface area contributed by atoms with Crippen LogP contribution in [0.4, 0.5) is 25.4 Å². The maximum Gasteiger partial charge on any atom is 0.410 e. The number of carbonyl (C=O) groups excluding carboxylic acids is 2. The van der Waals surface area contributed by atoms with Gasteiger partial charge in [-0.05, 0) is 79.5 Å². The third-order valence-electron chi connectivity index (χ3n) is 6.44. The fraction of sp³-hybridized carbons (Fsp3) is 0.400. The number of carboxylic acids is 1. The van der Waals surface area contributed by atoms with Crippen LogP contribution in [0.15, 0.2) is 36.4 Å². The lowest BCUT2D eigenvalue weighted by molar-refractivity contribution is -0.138. The van der Waals surface area contributed by atoms with Crippen LogP contribution in [0, 0.1) is 11.7 Å².